The summed E-state index contributed by atoms with van der Waals surface area (Å²) >= 11 is 0. The molecule has 7 heteroatoms. The van der Waals surface area contributed by atoms with Crippen molar-refractivity contribution >= 4 is 23.3 Å². The lowest BCUT2D eigenvalue weighted by Crippen LogP contribution is -2.54. The second kappa shape index (κ2) is 4.54. The van der Waals surface area contributed by atoms with Gasteiger partial charge >= 0.3 is 5.97 Å². The second-order valence-electron chi connectivity index (χ2n) is 5.57. The average Bonchev–Trinajstić information content (AvgIpc) is 2.83. The Bertz CT molecular complexity index is 626. The molecule has 0 atom stereocenters. The van der Waals surface area contributed by atoms with E-state index in [2.05, 4.69) is 5.32 Å². The molecule has 0 radical (unpaired) electrons. The minimum atomic E-state index is -0.943. The second-order valence-corrected chi connectivity index (χ2v) is 5.57. The van der Waals surface area contributed by atoms with Crippen LogP contribution in [0.25, 0.3) is 0 Å². The van der Waals surface area contributed by atoms with Gasteiger partial charge in [-0.25, -0.2) is 0 Å². The van der Waals surface area contributed by atoms with Crippen LogP contribution in [-0.4, -0.2) is 35.9 Å². The molecule has 0 bridgehead atoms. The summed E-state index contributed by atoms with van der Waals surface area (Å²) in [5.74, 6) is 0.0597. The molecule has 21 heavy (non-hydrogen) atoms. The number of nitrogens with one attached hydrogen (secondary N) is 1. The zero-order valence-corrected chi connectivity index (χ0v) is 11.8. The first-order valence-corrected chi connectivity index (χ1v) is 6.64. The summed E-state index contributed by atoms with van der Waals surface area (Å²) in [4.78, 5) is 24.8. The molecular formula is C14H16N2O5. The molecular weight excluding hydrogens is 276 g/mol. The maximum Gasteiger partial charge on any atom is 0.305 e. The summed E-state index contributed by atoms with van der Waals surface area (Å²) in [5, 5.41) is 12.0. The van der Waals surface area contributed by atoms with Gasteiger partial charge in [0.1, 0.15) is 5.54 Å². The van der Waals surface area contributed by atoms with Crippen LogP contribution in [0.2, 0.25) is 0 Å². The molecule has 2 aliphatic rings. The molecule has 2 N–H and O–H groups in total. The first-order chi connectivity index (χ1) is 9.88. The number of hydrogen-bond donors (Lipinski definition) is 2. The Labute approximate surface area is 121 Å². The minimum Gasteiger partial charge on any atom is -0.481 e. The first-order valence-electron chi connectivity index (χ1n) is 6.64. The van der Waals surface area contributed by atoms with E-state index in [4.69, 9.17) is 14.6 Å². The fourth-order valence-electron chi connectivity index (χ4n) is 2.52. The van der Waals surface area contributed by atoms with E-state index in [9.17, 15) is 9.59 Å². The lowest BCUT2D eigenvalue weighted by Gasteiger charge is -2.39. The van der Waals surface area contributed by atoms with Crippen LogP contribution in [0, 0.1) is 0 Å². The van der Waals surface area contributed by atoms with Gasteiger partial charge in [-0.3, -0.25) is 9.59 Å². The largest absolute Gasteiger partial charge is 0.481 e. The molecule has 0 spiro atoms. The SMILES string of the molecule is CC1(C)Nc2cc3c(cc2N(CCC(=O)O)C1=O)OCO3. The number of fused-ring (bicyclic) bond motifs is 2. The highest BCUT2D eigenvalue weighted by molar-refractivity contribution is 6.08. The fourth-order valence-corrected chi connectivity index (χ4v) is 2.52. The molecule has 0 saturated carbocycles. The summed E-state index contributed by atoms with van der Waals surface area (Å²) in [5.41, 5.74) is 0.540. The van der Waals surface area contributed by atoms with E-state index >= 15 is 0 Å². The van der Waals surface area contributed by atoms with Gasteiger partial charge in [0.05, 0.1) is 17.8 Å². The molecule has 0 fully saturated rings. The third kappa shape index (κ3) is 2.24. The van der Waals surface area contributed by atoms with Gasteiger partial charge < -0.3 is 24.8 Å². The first kappa shape index (κ1) is 13.5. The summed E-state index contributed by atoms with van der Waals surface area (Å²) in [6.07, 6.45) is -0.115. The Hall–Kier alpha value is -2.44. The average molecular weight is 292 g/mol. The van der Waals surface area contributed by atoms with Crippen molar-refractivity contribution in [3.63, 3.8) is 0 Å². The van der Waals surface area contributed by atoms with Crippen molar-refractivity contribution in [3.05, 3.63) is 12.1 Å². The summed E-state index contributed by atoms with van der Waals surface area (Å²) in [6.45, 7) is 3.78. The van der Waals surface area contributed by atoms with E-state index in [-0.39, 0.29) is 25.7 Å². The highest BCUT2D eigenvalue weighted by Crippen LogP contribution is 2.44. The number of carbonyl (C=O) groups excluding carboxylic acids is 1. The van der Waals surface area contributed by atoms with E-state index in [1.807, 2.05) is 0 Å². The number of benzene rings is 1. The molecule has 112 valence electrons. The van der Waals surface area contributed by atoms with E-state index in [0.717, 1.165) is 5.69 Å². The summed E-state index contributed by atoms with van der Waals surface area (Å²) in [7, 11) is 0. The molecule has 0 aliphatic carbocycles. The number of aliphatic carboxylic acids is 1. The highest BCUT2D eigenvalue weighted by Gasteiger charge is 2.39. The van der Waals surface area contributed by atoms with Crippen LogP contribution in [0.1, 0.15) is 20.3 Å². The number of hydrogen-bond acceptors (Lipinski definition) is 5. The maximum atomic E-state index is 12.5. The standard InChI is InChI=1S/C14H16N2O5/c1-14(2)13(19)16(4-3-12(17)18)9-6-11-10(20-7-21-11)5-8(9)15-14/h5-6,15H,3-4,7H2,1-2H3,(H,17,18). The smallest absolute Gasteiger partial charge is 0.305 e. The van der Waals surface area contributed by atoms with Crippen molar-refractivity contribution in [2.24, 2.45) is 0 Å². The van der Waals surface area contributed by atoms with Crippen LogP contribution >= 0.6 is 0 Å². The number of carboxylic acid groups (broad SMARTS) is 1. The van der Waals surface area contributed by atoms with Crippen LogP contribution in [-0.2, 0) is 9.59 Å². The van der Waals surface area contributed by atoms with Gasteiger partial charge in [0.2, 0.25) is 6.79 Å². The van der Waals surface area contributed by atoms with Crippen LogP contribution in [0.5, 0.6) is 11.5 Å². The molecule has 3 rings (SSSR count). The normalized spacial score (nSPS) is 18.2. The van der Waals surface area contributed by atoms with Crippen molar-refractivity contribution < 1.29 is 24.2 Å². The number of rotatable bonds is 3. The van der Waals surface area contributed by atoms with Crippen LogP contribution in [0.4, 0.5) is 11.4 Å². The van der Waals surface area contributed by atoms with Crippen molar-refractivity contribution in [1.29, 1.82) is 0 Å². The van der Waals surface area contributed by atoms with Gasteiger partial charge in [0.25, 0.3) is 5.91 Å². The Balaban J connectivity index is 2.03. The van der Waals surface area contributed by atoms with Crippen molar-refractivity contribution in [2.45, 2.75) is 25.8 Å². The summed E-state index contributed by atoms with van der Waals surface area (Å²) in [6, 6.07) is 3.49. The van der Waals surface area contributed by atoms with Gasteiger partial charge in [-0.1, -0.05) is 0 Å². The highest BCUT2D eigenvalue weighted by atomic mass is 16.7. The minimum absolute atomic E-state index is 0.115. The fraction of sp³-hybridized carbons (Fsp3) is 0.429. The number of nitrogens with zero attached hydrogens (tertiary/aromatic N) is 1. The number of carboxylic acids is 1. The van der Waals surface area contributed by atoms with E-state index in [1.165, 1.54) is 4.90 Å². The number of amides is 1. The van der Waals surface area contributed by atoms with Gasteiger partial charge in [0.15, 0.2) is 11.5 Å². The Morgan fingerprint density at radius 1 is 1.38 bits per heavy atom. The number of anilines is 2. The van der Waals surface area contributed by atoms with Crippen molar-refractivity contribution in [2.75, 3.05) is 23.6 Å². The molecule has 0 aromatic heterocycles. The predicted molar refractivity (Wildman–Crippen MR) is 74.9 cm³/mol. The lowest BCUT2D eigenvalue weighted by atomic mass is 9.97. The van der Waals surface area contributed by atoms with E-state index in [1.54, 1.807) is 26.0 Å². The monoisotopic (exact) mass is 292 g/mol. The Kier molecular flexibility index (Phi) is 2.93. The van der Waals surface area contributed by atoms with Crippen molar-refractivity contribution in [1.82, 2.24) is 0 Å². The molecule has 1 aromatic rings. The van der Waals surface area contributed by atoms with Crippen LogP contribution < -0.4 is 19.7 Å². The van der Waals surface area contributed by atoms with Crippen molar-refractivity contribution in [3.8, 4) is 11.5 Å². The van der Waals surface area contributed by atoms with Crippen LogP contribution in [0.3, 0.4) is 0 Å². The van der Waals surface area contributed by atoms with Gasteiger partial charge in [-0.15, -0.1) is 0 Å². The van der Waals surface area contributed by atoms with E-state index in [0.29, 0.717) is 17.2 Å². The molecule has 0 unspecified atom stereocenters. The third-order valence-electron chi connectivity index (χ3n) is 3.56. The Morgan fingerprint density at radius 3 is 2.71 bits per heavy atom. The maximum absolute atomic E-state index is 12.5. The third-order valence-corrected chi connectivity index (χ3v) is 3.56. The van der Waals surface area contributed by atoms with Gasteiger partial charge in [-0.05, 0) is 13.8 Å². The van der Waals surface area contributed by atoms with E-state index < -0.39 is 11.5 Å². The molecule has 0 saturated heterocycles. The number of ether oxygens (including phenoxy) is 2. The predicted octanol–water partition coefficient (Wildman–Crippen LogP) is 1.43. The van der Waals surface area contributed by atoms with Gasteiger partial charge in [0, 0.05) is 18.7 Å². The molecule has 7 nitrogen and oxygen atoms in total. The zero-order chi connectivity index (χ0) is 15.2. The molecule has 2 aliphatic heterocycles. The van der Waals surface area contributed by atoms with Crippen LogP contribution in [0.15, 0.2) is 12.1 Å². The topological polar surface area (TPSA) is 88.1 Å². The quantitative estimate of drug-likeness (QED) is 0.876. The molecule has 1 amide bonds. The Morgan fingerprint density at radius 2 is 2.05 bits per heavy atom. The summed E-state index contributed by atoms with van der Waals surface area (Å²) < 4.78 is 10.7. The number of carbonyl (C=O) groups is 2. The molecule has 1 aromatic carbocycles. The lowest BCUT2D eigenvalue weighted by molar-refractivity contribution is -0.136. The van der Waals surface area contributed by atoms with Gasteiger partial charge in [-0.2, -0.15) is 0 Å². The molecule has 2 heterocycles. The zero-order valence-electron chi connectivity index (χ0n) is 11.8.